The molecule has 0 bridgehead atoms. The van der Waals surface area contributed by atoms with Gasteiger partial charge in [-0.25, -0.2) is 8.42 Å². The summed E-state index contributed by atoms with van der Waals surface area (Å²) in [7, 11) is -4.14. The normalized spacial score (nSPS) is 12.8. The highest BCUT2D eigenvalue weighted by Gasteiger charge is 2.34. The number of carbonyl (C=O) groups is 2. The Morgan fingerprint density at radius 1 is 0.923 bits per heavy atom. The Bertz CT molecular complexity index is 1370. The van der Waals surface area contributed by atoms with Crippen molar-refractivity contribution in [1.29, 1.82) is 0 Å². The van der Waals surface area contributed by atoms with E-state index in [1.165, 1.54) is 17.0 Å². The van der Waals surface area contributed by atoms with Gasteiger partial charge in [-0.15, -0.1) is 0 Å². The van der Waals surface area contributed by atoms with Gasteiger partial charge in [-0.2, -0.15) is 0 Å². The number of nitrogens with zero attached hydrogens (tertiary/aromatic N) is 2. The summed E-state index contributed by atoms with van der Waals surface area (Å²) >= 11 is 6.27. The van der Waals surface area contributed by atoms with Gasteiger partial charge in [0.2, 0.25) is 11.8 Å². The van der Waals surface area contributed by atoms with Crippen molar-refractivity contribution in [1.82, 2.24) is 10.2 Å². The second kappa shape index (κ2) is 13.6. The molecule has 3 aromatic carbocycles. The van der Waals surface area contributed by atoms with Crippen molar-refractivity contribution in [2.24, 2.45) is 0 Å². The number of hydrogen-bond acceptors (Lipinski definition) is 4. The number of rotatable bonds is 12. The summed E-state index contributed by atoms with van der Waals surface area (Å²) in [6.07, 6.45) is 1.11. The molecule has 0 aliphatic carbocycles. The predicted octanol–water partition coefficient (Wildman–Crippen LogP) is 5.57. The van der Waals surface area contributed by atoms with Crippen LogP contribution in [0.2, 0.25) is 5.02 Å². The summed E-state index contributed by atoms with van der Waals surface area (Å²) in [6, 6.07) is 21.4. The van der Waals surface area contributed by atoms with Gasteiger partial charge in [-0.05, 0) is 62.1 Å². The van der Waals surface area contributed by atoms with Crippen LogP contribution in [0.15, 0.2) is 83.8 Å². The molecule has 2 atom stereocenters. The Labute approximate surface area is 236 Å². The molecule has 3 rings (SSSR count). The third-order valence-corrected chi connectivity index (χ3v) is 8.64. The molecule has 0 radical (unpaired) electrons. The molecule has 0 aliphatic heterocycles. The van der Waals surface area contributed by atoms with E-state index in [-0.39, 0.29) is 23.4 Å². The van der Waals surface area contributed by atoms with Crippen LogP contribution in [0.25, 0.3) is 0 Å². The van der Waals surface area contributed by atoms with Crippen molar-refractivity contribution in [3.63, 3.8) is 0 Å². The van der Waals surface area contributed by atoms with Gasteiger partial charge >= 0.3 is 0 Å². The first-order valence-corrected chi connectivity index (χ1v) is 14.9. The van der Waals surface area contributed by atoms with E-state index in [1.807, 2.05) is 51.1 Å². The fraction of sp³-hybridized carbons (Fsp3) is 0.333. The Balaban J connectivity index is 2.07. The van der Waals surface area contributed by atoms with Crippen LogP contribution in [-0.2, 0) is 26.2 Å². The van der Waals surface area contributed by atoms with Crippen molar-refractivity contribution in [3.05, 3.63) is 95.0 Å². The molecule has 9 heteroatoms. The topological polar surface area (TPSA) is 86.8 Å². The zero-order valence-electron chi connectivity index (χ0n) is 22.8. The fourth-order valence-corrected chi connectivity index (χ4v) is 5.88. The first-order chi connectivity index (χ1) is 18.6. The first-order valence-electron chi connectivity index (χ1n) is 13.1. The average Bonchev–Trinajstić information content (AvgIpc) is 2.93. The Kier molecular flexibility index (Phi) is 10.5. The van der Waals surface area contributed by atoms with E-state index in [2.05, 4.69) is 5.32 Å². The molecule has 7 nitrogen and oxygen atoms in total. The van der Waals surface area contributed by atoms with E-state index >= 15 is 0 Å². The smallest absolute Gasteiger partial charge is 0.264 e. The minimum absolute atomic E-state index is 0.0494. The van der Waals surface area contributed by atoms with Gasteiger partial charge in [-0.1, -0.05) is 80.0 Å². The van der Waals surface area contributed by atoms with E-state index in [0.717, 1.165) is 16.3 Å². The van der Waals surface area contributed by atoms with Crippen LogP contribution < -0.4 is 9.62 Å². The highest BCUT2D eigenvalue weighted by molar-refractivity contribution is 7.92. The number of amides is 2. The molecular formula is C30H36ClN3O4S. The Morgan fingerprint density at radius 3 is 2.13 bits per heavy atom. The molecule has 1 N–H and O–H groups in total. The average molecular weight is 570 g/mol. The van der Waals surface area contributed by atoms with Gasteiger partial charge in [0.25, 0.3) is 10.0 Å². The number of anilines is 1. The van der Waals surface area contributed by atoms with Crippen LogP contribution in [0.1, 0.15) is 44.7 Å². The molecule has 0 spiro atoms. The number of nitrogens with one attached hydrogen (secondary N) is 1. The highest BCUT2D eigenvalue weighted by atomic mass is 35.5. The van der Waals surface area contributed by atoms with Crippen molar-refractivity contribution in [3.8, 4) is 0 Å². The molecule has 0 aliphatic rings. The summed E-state index contributed by atoms with van der Waals surface area (Å²) in [6.45, 7) is 7.13. The van der Waals surface area contributed by atoms with Crippen molar-refractivity contribution in [2.45, 2.75) is 64.1 Å². The van der Waals surface area contributed by atoms with Gasteiger partial charge in [0.1, 0.15) is 12.6 Å². The minimum atomic E-state index is -4.14. The monoisotopic (exact) mass is 569 g/mol. The van der Waals surface area contributed by atoms with Gasteiger partial charge in [0.05, 0.1) is 10.6 Å². The molecule has 0 aromatic heterocycles. The standard InChI is InChI=1S/C30H36ClN3O4S/c1-5-23(4)32-30(36)27(6-2)33(20-24-13-9-7-10-14-24)29(35)21-34(28-19-25(31)18-17-22(28)3)39(37,38)26-15-11-8-12-16-26/h7-19,23,27H,5-6,20-21H2,1-4H3,(H,32,36)/t23-,27-/m1/s1. The second-order valence-corrected chi connectivity index (χ2v) is 11.8. The lowest BCUT2D eigenvalue weighted by molar-refractivity contribution is -0.140. The maximum atomic E-state index is 14.1. The first kappa shape index (κ1) is 30.2. The number of halogens is 1. The van der Waals surface area contributed by atoms with E-state index in [0.29, 0.717) is 22.7 Å². The lowest BCUT2D eigenvalue weighted by Gasteiger charge is -2.34. The molecule has 2 amide bonds. The van der Waals surface area contributed by atoms with Crippen molar-refractivity contribution in [2.75, 3.05) is 10.8 Å². The summed E-state index contributed by atoms with van der Waals surface area (Å²) < 4.78 is 28.9. The molecular weight excluding hydrogens is 534 g/mol. The lowest BCUT2D eigenvalue weighted by Crippen LogP contribution is -2.53. The van der Waals surface area contributed by atoms with Crippen LogP contribution in [-0.4, -0.2) is 43.8 Å². The van der Waals surface area contributed by atoms with Crippen LogP contribution >= 0.6 is 11.6 Å². The number of hydrogen-bond donors (Lipinski definition) is 1. The summed E-state index contributed by atoms with van der Waals surface area (Å²) in [4.78, 5) is 28.9. The number of aryl methyl sites for hydroxylation is 1. The number of sulfonamides is 1. The predicted molar refractivity (Wildman–Crippen MR) is 156 cm³/mol. The lowest BCUT2D eigenvalue weighted by atomic mass is 10.1. The summed E-state index contributed by atoms with van der Waals surface area (Å²) in [5.41, 5.74) is 1.77. The molecule has 0 heterocycles. The molecule has 0 saturated carbocycles. The van der Waals surface area contributed by atoms with E-state index in [4.69, 9.17) is 11.6 Å². The van der Waals surface area contributed by atoms with Crippen LogP contribution in [0, 0.1) is 6.92 Å². The number of carbonyl (C=O) groups excluding carboxylic acids is 2. The Morgan fingerprint density at radius 2 is 1.54 bits per heavy atom. The molecule has 0 unspecified atom stereocenters. The van der Waals surface area contributed by atoms with Gasteiger partial charge in [-0.3, -0.25) is 13.9 Å². The molecule has 208 valence electrons. The SMILES string of the molecule is CC[C@@H](C)NC(=O)[C@@H](CC)N(Cc1ccccc1)C(=O)CN(c1cc(Cl)ccc1C)S(=O)(=O)c1ccccc1. The second-order valence-electron chi connectivity index (χ2n) is 9.50. The van der Waals surface area contributed by atoms with E-state index in [1.54, 1.807) is 43.3 Å². The Hall–Kier alpha value is -3.36. The van der Waals surface area contributed by atoms with Crippen LogP contribution in [0.3, 0.4) is 0 Å². The quantitative estimate of drug-likeness (QED) is 0.309. The number of benzene rings is 3. The van der Waals surface area contributed by atoms with E-state index in [9.17, 15) is 18.0 Å². The molecule has 3 aromatic rings. The zero-order valence-corrected chi connectivity index (χ0v) is 24.4. The summed E-state index contributed by atoms with van der Waals surface area (Å²) in [5, 5.41) is 3.32. The van der Waals surface area contributed by atoms with E-state index < -0.39 is 28.5 Å². The molecule has 39 heavy (non-hydrogen) atoms. The fourth-order valence-electron chi connectivity index (χ4n) is 4.22. The highest BCUT2D eigenvalue weighted by Crippen LogP contribution is 2.30. The largest absolute Gasteiger partial charge is 0.352 e. The van der Waals surface area contributed by atoms with Gasteiger partial charge < -0.3 is 10.2 Å². The van der Waals surface area contributed by atoms with Crippen LogP contribution in [0.4, 0.5) is 5.69 Å². The van der Waals surface area contributed by atoms with Gasteiger partial charge in [0.15, 0.2) is 0 Å². The third-order valence-electron chi connectivity index (χ3n) is 6.63. The van der Waals surface area contributed by atoms with Crippen LogP contribution in [0.5, 0.6) is 0 Å². The maximum absolute atomic E-state index is 14.1. The summed E-state index contributed by atoms with van der Waals surface area (Å²) in [5.74, 6) is -0.767. The molecule has 0 saturated heterocycles. The van der Waals surface area contributed by atoms with Crippen molar-refractivity contribution >= 4 is 39.1 Å². The maximum Gasteiger partial charge on any atom is 0.264 e. The minimum Gasteiger partial charge on any atom is -0.352 e. The molecule has 0 fully saturated rings. The van der Waals surface area contributed by atoms with Crippen molar-refractivity contribution < 1.29 is 18.0 Å². The zero-order chi connectivity index (χ0) is 28.6. The van der Waals surface area contributed by atoms with Gasteiger partial charge in [0, 0.05) is 17.6 Å². The third kappa shape index (κ3) is 7.61.